The zero-order chi connectivity index (χ0) is 14.6. The predicted molar refractivity (Wildman–Crippen MR) is 77.1 cm³/mol. The van der Waals surface area contributed by atoms with Crippen molar-refractivity contribution in [1.29, 1.82) is 0 Å². The van der Waals surface area contributed by atoms with Crippen molar-refractivity contribution in [2.75, 3.05) is 24.7 Å². The van der Waals surface area contributed by atoms with Gasteiger partial charge in [-0.1, -0.05) is 0 Å². The molecule has 1 aromatic carbocycles. The third-order valence-corrected chi connectivity index (χ3v) is 4.57. The maximum atomic E-state index is 11.9. The van der Waals surface area contributed by atoms with Gasteiger partial charge in [-0.25, -0.2) is 13.1 Å². The van der Waals surface area contributed by atoms with E-state index in [4.69, 9.17) is 15.2 Å². The van der Waals surface area contributed by atoms with Crippen molar-refractivity contribution in [3.63, 3.8) is 0 Å². The molecule has 1 aliphatic rings. The first kappa shape index (κ1) is 15.1. The lowest BCUT2D eigenvalue weighted by atomic mass is 10.2. The van der Waals surface area contributed by atoms with Crippen LogP contribution in [0.3, 0.4) is 0 Å². The summed E-state index contributed by atoms with van der Waals surface area (Å²) in [7, 11) is -3.36. The molecule has 1 aromatic rings. The topological polar surface area (TPSA) is 90.6 Å². The zero-order valence-electron chi connectivity index (χ0n) is 11.4. The van der Waals surface area contributed by atoms with Gasteiger partial charge in [0.05, 0.1) is 11.9 Å². The summed E-state index contributed by atoms with van der Waals surface area (Å²) in [6, 6.07) is 6.69. The summed E-state index contributed by atoms with van der Waals surface area (Å²) in [5.74, 6) is 0.521. The molecule has 7 heteroatoms. The molecular formula is C13H20N2O4S. The predicted octanol–water partition coefficient (Wildman–Crippen LogP) is 0.744. The van der Waals surface area contributed by atoms with Gasteiger partial charge >= 0.3 is 0 Å². The molecule has 112 valence electrons. The monoisotopic (exact) mass is 300 g/mol. The van der Waals surface area contributed by atoms with Gasteiger partial charge in [0, 0.05) is 18.3 Å². The molecule has 0 aromatic heterocycles. The molecule has 0 bridgehead atoms. The molecule has 1 heterocycles. The van der Waals surface area contributed by atoms with Crippen LogP contribution < -0.4 is 15.2 Å². The van der Waals surface area contributed by atoms with E-state index in [1.54, 1.807) is 24.3 Å². The van der Waals surface area contributed by atoms with Crippen molar-refractivity contribution >= 4 is 15.7 Å². The number of hydrogen-bond donors (Lipinski definition) is 2. The third kappa shape index (κ3) is 4.36. The lowest BCUT2D eigenvalue weighted by Gasteiger charge is -2.16. The molecule has 1 saturated heterocycles. The van der Waals surface area contributed by atoms with Crippen LogP contribution in [0, 0.1) is 0 Å². The van der Waals surface area contributed by atoms with Gasteiger partial charge in [0.1, 0.15) is 12.4 Å². The maximum Gasteiger partial charge on any atom is 0.215 e. The quantitative estimate of drug-likeness (QED) is 0.756. The van der Waals surface area contributed by atoms with Gasteiger partial charge in [0.15, 0.2) is 0 Å². The summed E-state index contributed by atoms with van der Waals surface area (Å²) in [5.41, 5.74) is 6.20. The number of rotatable bonds is 6. The molecule has 1 aliphatic heterocycles. The molecule has 6 nitrogen and oxygen atoms in total. The number of anilines is 1. The summed E-state index contributed by atoms with van der Waals surface area (Å²) in [6.45, 7) is 2.56. The lowest BCUT2D eigenvalue weighted by Crippen LogP contribution is -2.41. The SMILES string of the molecule is CC1OCCC1NS(=O)(=O)CCOc1ccc(N)cc1. The number of sulfonamides is 1. The van der Waals surface area contributed by atoms with E-state index in [9.17, 15) is 8.42 Å². The van der Waals surface area contributed by atoms with Crippen LogP contribution in [-0.4, -0.2) is 39.5 Å². The highest BCUT2D eigenvalue weighted by atomic mass is 32.2. The van der Waals surface area contributed by atoms with E-state index in [0.717, 1.165) is 0 Å². The van der Waals surface area contributed by atoms with E-state index in [2.05, 4.69) is 4.72 Å². The Bertz CT molecular complexity index is 530. The molecule has 20 heavy (non-hydrogen) atoms. The van der Waals surface area contributed by atoms with Gasteiger partial charge in [0.2, 0.25) is 10.0 Å². The first-order valence-electron chi connectivity index (χ1n) is 6.56. The van der Waals surface area contributed by atoms with E-state index >= 15 is 0 Å². The van der Waals surface area contributed by atoms with Gasteiger partial charge in [-0.2, -0.15) is 0 Å². The highest BCUT2D eigenvalue weighted by molar-refractivity contribution is 7.89. The normalized spacial score (nSPS) is 22.9. The van der Waals surface area contributed by atoms with Gasteiger partial charge in [-0.15, -0.1) is 0 Å². The fraction of sp³-hybridized carbons (Fsp3) is 0.538. The Kier molecular flexibility index (Phi) is 4.85. The van der Waals surface area contributed by atoms with E-state index in [-0.39, 0.29) is 24.5 Å². The average Bonchev–Trinajstić information content (AvgIpc) is 2.77. The highest BCUT2D eigenvalue weighted by Gasteiger charge is 2.28. The van der Waals surface area contributed by atoms with Crippen LogP contribution in [0.25, 0.3) is 0 Å². The fourth-order valence-corrected chi connectivity index (χ4v) is 3.20. The summed E-state index contributed by atoms with van der Waals surface area (Å²) in [4.78, 5) is 0. The minimum atomic E-state index is -3.36. The van der Waals surface area contributed by atoms with Crippen molar-refractivity contribution in [2.24, 2.45) is 0 Å². The molecule has 2 atom stereocenters. The van der Waals surface area contributed by atoms with Crippen LogP contribution in [0.5, 0.6) is 5.75 Å². The lowest BCUT2D eigenvalue weighted by molar-refractivity contribution is 0.116. The Hall–Kier alpha value is -1.31. The van der Waals surface area contributed by atoms with Crippen molar-refractivity contribution in [3.05, 3.63) is 24.3 Å². The summed E-state index contributed by atoms with van der Waals surface area (Å²) in [5, 5.41) is 0. The number of ether oxygens (including phenoxy) is 2. The highest BCUT2D eigenvalue weighted by Crippen LogP contribution is 2.15. The van der Waals surface area contributed by atoms with Crippen molar-refractivity contribution in [2.45, 2.75) is 25.5 Å². The largest absolute Gasteiger partial charge is 0.492 e. The van der Waals surface area contributed by atoms with Crippen LogP contribution in [0.15, 0.2) is 24.3 Å². The molecule has 0 spiro atoms. The average molecular weight is 300 g/mol. The number of nitrogens with one attached hydrogen (secondary N) is 1. The second-order valence-corrected chi connectivity index (χ2v) is 6.70. The zero-order valence-corrected chi connectivity index (χ0v) is 12.2. The molecule has 0 saturated carbocycles. The van der Waals surface area contributed by atoms with E-state index in [0.29, 0.717) is 24.5 Å². The molecule has 0 aliphatic carbocycles. The van der Waals surface area contributed by atoms with Crippen LogP contribution >= 0.6 is 0 Å². The first-order chi connectivity index (χ1) is 9.46. The third-order valence-electron chi connectivity index (χ3n) is 3.21. The Balaban J connectivity index is 1.79. The van der Waals surface area contributed by atoms with Gasteiger partial charge in [0.25, 0.3) is 0 Å². The van der Waals surface area contributed by atoms with Gasteiger partial charge in [-0.3, -0.25) is 0 Å². The second kappa shape index (κ2) is 6.43. The van der Waals surface area contributed by atoms with Crippen molar-refractivity contribution < 1.29 is 17.9 Å². The first-order valence-corrected chi connectivity index (χ1v) is 8.21. The minimum absolute atomic E-state index is 0.0807. The Morgan fingerprint density at radius 2 is 2.10 bits per heavy atom. The molecule has 1 fully saturated rings. The maximum absolute atomic E-state index is 11.9. The number of benzene rings is 1. The van der Waals surface area contributed by atoms with E-state index in [1.807, 2.05) is 6.92 Å². The summed E-state index contributed by atoms with van der Waals surface area (Å²) in [6.07, 6.45) is 0.627. The second-order valence-electron chi connectivity index (χ2n) is 4.83. The Labute approximate surface area is 119 Å². The van der Waals surface area contributed by atoms with Crippen molar-refractivity contribution in [1.82, 2.24) is 4.72 Å². The van der Waals surface area contributed by atoms with Crippen LogP contribution in [-0.2, 0) is 14.8 Å². The van der Waals surface area contributed by atoms with Crippen molar-refractivity contribution in [3.8, 4) is 5.75 Å². The Morgan fingerprint density at radius 3 is 2.70 bits per heavy atom. The van der Waals surface area contributed by atoms with Gasteiger partial charge < -0.3 is 15.2 Å². The minimum Gasteiger partial charge on any atom is -0.492 e. The summed E-state index contributed by atoms with van der Waals surface area (Å²) >= 11 is 0. The molecule has 2 unspecified atom stereocenters. The molecule has 0 amide bonds. The molecule has 2 rings (SSSR count). The van der Waals surface area contributed by atoms with Crippen LogP contribution in [0.2, 0.25) is 0 Å². The summed E-state index contributed by atoms with van der Waals surface area (Å²) < 4.78 is 37.2. The van der Waals surface area contributed by atoms with E-state index in [1.165, 1.54) is 0 Å². The van der Waals surface area contributed by atoms with Crippen LogP contribution in [0.1, 0.15) is 13.3 Å². The number of nitrogens with two attached hydrogens (primary N) is 1. The smallest absolute Gasteiger partial charge is 0.215 e. The molecule has 3 N–H and O–H groups in total. The van der Waals surface area contributed by atoms with Crippen LogP contribution in [0.4, 0.5) is 5.69 Å². The van der Waals surface area contributed by atoms with E-state index < -0.39 is 10.0 Å². The standard InChI is InChI=1S/C13H20N2O4S/c1-10-13(6-7-18-10)15-20(16,17)9-8-19-12-4-2-11(14)3-5-12/h2-5,10,13,15H,6-9,14H2,1H3. The molecule has 0 radical (unpaired) electrons. The fourth-order valence-electron chi connectivity index (χ4n) is 2.01. The number of hydrogen-bond acceptors (Lipinski definition) is 5. The Morgan fingerprint density at radius 1 is 1.40 bits per heavy atom. The van der Waals surface area contributed by atoms with Gasteiger partial charge in [-0.05, 0) is 37.6 Å². The molecular weight excluding hydrogens is 280 g/mol. The number of nitrogen functional groups attached to an aromatic ring is 1.